The second kappa shape index (κ2) is 15.1. The van der Waals surface area contributed by atoms with Gasteiger partial charge in [0.05, 0.1) is 0 Å². The summed E-state index contributed by atoms with van der Waals surface area (Å²) in [5.41, 5.74) is 0. The Hall–Kier alpha value is 1.14. The molecule has 0 aromatic rings. The zero-order valence-corrected chi connectivity index (χ0v) is 12.6. The van der Waals surface area contributed by atoms with E-state index >= 15 is 0 Å². The van der Waals surface area contributed by atoms with E-state index in [2.05, 4.69) is 27.7 Å². The predicted octanol–water partition coefficient (Wildman–Crippen LogP) is 3.79. The molecule has 0 atom stereocenters. The highest BCUT2D eigenvalue weighted by molar-refractivity contribution is 9.09. The van der Waals surface area contributed by atoms with E-state index in [0.29, 0.717) is 6.61 Å². The van der Waals surface area contributed by atoms with E-state index in [1.54, 1.807) is 0 Å². The van der Waals surface area contributed by atoms with E-state index in [1.807, 2.05) is 11.8 Å². The first kappa shape index (κ1) is 16.1. The number of rotatable bonds is 12. The molecule has 0 aliphatic carbocycles. The van der Waals surface area contributed by atoms with Crippen LogP contribution in [0.15, 0.2) is 0 Å². The normalized spacial score (nSPS) is 10.8. The van der Waals surface area contributed by atoms with Crippen molar-refractivity contribution < 1.29 is 5.11 Å². The summed E-state index contributed by atoms with van der Waals surface area (Å²) in [7, 11) is 0. The zero-order chi connectivity index (χ0) is 11.2. The van der Waals surface area contributed by atoms with Gasteiger partial charge in [0.1, 0.15) is 0 Å². The number of hydrogen-bond donors (Lipinski definition) is 1. The highest BCUT2D eigenvalue weighted by atomic mass is 79.9. The van der Waals surface area contributed by atoms with E-state index in [4.69, 9.17) is 5.11 Å². The molecule has 0 saturated heterocycles. The van der Waals surface area contributed by atoms with E-state index in [0.717, 1.165) is 17.5 Å². The Balaban J connectivity index is 2.81. The number of unbranched alkanes of at least 4 members (excludes halogenated alkanes) is 2. The van der Waals surface area contributed by atoms with Gasteiger partial charge in [-0.05, 0) is 48.7 Å². The minimum Gasteiger partial charge on any atom is -0.396 e. The Morgan fingerprint density at radius 3 is 1.80 bits per heavy atom. The summed E-state index contributed by atoms with van der Waals surface area (Å²) in [6, 6.07) is 0. The van der Waals surface area contributed by atoms with Gasteiger partial charge in [0.25, 0.3) is 0 Å². The van der Waals surface area contributed by atoms with Crippen molar-refractivity contribution in [2.75, 3.05) is 34.9 Å². The number of halogens is 1. The molecule has 0 unspecified atom stereocenters. The van der Waals surface area contributed by atoms with Crippen LogP contribution in [0.1, 0.15) is 32.1 Å². The first-order chi connectivity index (χ1) is 7.41. The molecule has 0 amide bonds. The Kier molecular flexibility index (Phi) is 16.3. The molecule has 15 heavy (non-hydrogen) atoms. The third-order valence-corrected chi connectivity index (χ3v) is 4.82. The lowest BCUT2D eigenvalue weighted by Gasteiger charge is -2.01. The highest BCUT2D eigenvalue weighted by Gasteiger charge is 1.92. The summed E-state index contributed by atoms with van der Waals surface area (Å²) < 4.78 is 0. The van der Waals surface area contributed by atoms with Crippen LogP contribution >= 0.6 is 39.5 Å². The average molecular weight is 315 g/mol. The first-order valence-electron chi connectivity index (χ1n) is 5.74. The maximum Gasteiger partial charge on any atom is 0.0438 e. The van der Waals surface area contributed by atoms with E-state index in [1.165, 1.54) is 42.9 Å². The summed E-state index contributed by atoms with van der Waals surface area (Å²) in [5, 5.41) is 9.73. The third-order valence-electron chi connectivity index (χ3n) is 1.95. The molecule has 0 rings (SSSR count). The van der Waals surface area contributed by atoms with Crippen LogP contribution in [0.5, 0.6) is 0 Å². The monoisotopic (exact) mass is 314 g/mol. The van der Waals surface area contributed by atoms with Gasteiger partial charge in [-0.25, -0.2) is 0 Å². The van der Waals surface area contributed by atoms with Gasteiger partial charge in [0.2, 0.25) is 0 Å². The molecule has 0 fully saturated rings. The summed E-state index contributed by atoms with van der Waals surface area (Å²) in [5.74, 6) is 5.02. The van der Waals surface area contributed by atoms with Gasteiger partial charge in [-0.15, -0.1) is 0 Å². The van der Waals surface area contributed by atoms with Crippen molar-refractivity contribution >= 4 is 39.5 Å². The Bertz CT molecular complexity index is 103. The molecule has 0 radical (unpaired) electrons. The molecule has 92 valence electrons. The predicted molar refractivity (Wildman–Crippen MR) is 78.6 cm³/mol. The number of thioether (sulfide) groups is 2. The second-order valence-electron chi connectivity index (χ2n) is 3.41. The van der Waals surface area contributed by atoms with Crippen LogP contribution in [-0.2, 0) is 0 Å². The molecule has 0 saturated carbocycles. The van der Waals surface area contributed by atoms with Crippen LogP contribution in [0.2, 0.25) is 0 Å². The summed E-state index contributed by atoms with van der Waals surface area (Å²) in [4.78, 5) is 0. The van der Waals surface area contributed by atoms with Crippen LogP contribution in [0.4, 0.5) is 0 Å². The largest absolute Gasteiger partial charge is 0.396 e. The fourth-order valence-electron chi connectivity index (χ4n) is 1.11. The van der Waals surface area contributed by atoms with Gasteiger partial charge >= 0.3 is 0 Å². The van der Waals surface area contributed by atoms with Crippen LogP contribution < -0.4 is 0 Å². The Morgan fingerprint density at radius 2 is 1.27 bits per heavy atom. The molecule has 0 aliphatic rings. The van der Waals surface area contributed by atoms with Gasteiger partial charge in [-0.2, -0.15) is 23.5 Å². The van der Waals surface area contributed by atoms with Crippen molar-refractivity contribution in [3.63, 3.8) is 0 Å². The number of aliphatic hydroxyl groups excluding tert-OH is 1. The van der Waals surface area contributed by atoms with Crippen LogP contribution in [-0.4, -0.2) is 40.1 Å². The molecule has 0 heterocycles. The van der Waals surface area contributed by atoms with Crippen LogP contribution in [0.25, 0.3) is 0 Å². The molecule has 0 aromatic carbocycles. The average Bonchev–Trinajstić information content (AvgIpc) is 2.26. The fourth-order valence-corrected chi connectivity index (χ4v) is 3.67. The maximum atomic E-state index is 8.59. The van der Waals surface area contributed by atoms with Crippen molar-refractivity contribution in [1.29, 1.82) is 0 Å². The van der Waals surface area contributed by atoms with Gasteiger partial charge < -0.3 is 5.11 Å². The van der Waals surface area contributed by atoms with Crippen molar-refractivity contribution in [2.45, 2.75) is 32.1 Å². The third kappa shape index (κ3) is 15.1. The quantitative estimate of drug-likeness (QED) is 0.437. The molecule has 0 aromatic heterocycles. The maximum absolute atomic E-state index is 8.59. The van der Waals surface area contributed by atoms with Crippen LogP contribution in [0, 0.1) is 0 Å². The summed E-state index contributed by atoms with van der Waals surface area (Å²) in [6.45, 7) is 0.344. The van der Waals surface area contributed by atoms with Gasteiger partial charge in [-0.3, -0.25) is 0 Å². The SMILES string of the molecule is OCCCSCCCCCSCCCBr. The second-order valence-corrected chi connectivity index (χ2v) is 6.65. The van der Waals surface area contributed by atoms with Crippen molar-refractivity contribution in [2.24, 2.45) is 0 Å². The fraction of sp³-hybridized carbons (Fsp3) is 1.00. The lowest BCUT2D eigenvalue weighted by Crippen LogP contribution is -1.89. The number of aliphatic hydroxyl groups is 1. The molecule has 4 heteroatoms. The van der Waals surface area contributed by atoms with Gasteiger partial charge in [-0.1, -0.05) is 22.4 Å². The molecule has 1 N–H and O–H groups in total. The van der Waals surface area contributed by atoms with E-state index in [-0.39, 0.29) is 0 Å². The molecule has 0 spiro atoms. The minimum absolute atomic E-state index is 0.344. The number of alkyl halides is 1. The van der Waals surface area contributed by atoms with Crippen LogP contribution in [0.3, 0.4) is 0 Å². The molecular weight excluding hydrogens is 292 g/mol. The number of hydrogen-bond acceptors (Lipinski definition) is 3. The van der Waals surface area contributed by atoms with Crippen molar-refractivity contribution in [3.05, 3.63) is 0 Å². The van der Waals surface area contributed by atoms with Gasteiger partial charge in [0, 0.05) is 11.9 Å². The first-order valence-corrected chi connectivity index (χ1v) is 9.17. The lowest BCUT2D eigenvalue weighted by atomic mass is 10.3. The molecule has 0 aliphatic heterocycles. The standard InChI is InChI=1S/C11H23BrOS2/c12-6-4-10-14-8-2-1-3-9-15-11-5-7-13/h13H,1-11H2. The molecule has 0 bridgehead atoms. The van der Waals surface area contributed by atoms with E-state index < -0.39 is 0 Å². The highest BCUT2D eigenvalue weighted by Crippen LogP contribution is 2.11. The Labute approximate surface area is 111 Å². The lowest BCUT2D eigenvalue weighted by molar-refractivity contribution is 0.296. The van der Waals surface area contributed by atoms with Crippen molar-refractivity contribution in [1.82, 2.24) is 0 Å². The molecule has 1 nitrogen and oxygen atoms in total. The smallest absolute Gasteiger partial charge is 0.0438 e. The van der Waals surface area contributed by atoms with Crippen molar-refractivity contribution in [3.8, 4) is 0 Å². The Morgan fingerprint density at radius 1 is 0.733 bits per heavy atom. The topological polar surface area (TPSA) is 20.2 Å². The zero-order valence-electron chi connectivity index (χ0n) is 9.42. The summed E-state index contributed by atoms with van der Waals surface area (Å²) in [6.07, 6.45) is 6.32. The van der Waals surface area contributed by atoms with Gasteiger partial charge in [0.15, 0.2) is 0 Å². The minimum atomic E-state index is 0.344. The molecular formula is C11H23BrOS2. The van der Waals surface area contributed by atoms with E-state index in [9.17, 15) is 0 Å². The summed E-state index contributed by atoms with van der Waals surface area (Å²) >= 11 is 7.50.